The van der Waals surface area contributed by atoms with Gasteiger partial charge in [-0.15, -0.1) is 0 Å². The molecule has 3 heteroatoms. The van der Waals surface area contributed by atoms with Crippen molar-refractivity contribution in [3.05, 3.63) is 65.9 Å². The molecule has 3 aromatic rings. The predicted octanol–water partition coefficient (Wildman–Crippen LogP) is 4.11. The molecule has 3 nitrogen and oxygen atoms in total. The molecule has 23 heavy (non-hydrogen) atoms. The second-order valence-electron chi connectivity index (χ2n) is 5.67. The fourth-order valence-electron chi connectivity index (χ4n) is 2.62. The first kappa shape index (κ1) is 15.4. The maximum atomic E-state index is 9.17. The van der Waals surface area contributed by atoms with Crippen LogP contribution in [0.1, 0.15) is 18.2 Å². The lowest BCUT2D eigenvalue weighted by molar-refractivity contribution is 0.129. The number of rotatable bonds is 5. The molecule has 0 amide bonds. The average molecular weight is 307 g/mol. The van der Waals surface area contributed by atoms with Crippen LogP contribution in [0.5, 0.6) is 5.75 Å². The smallest absolute Gasteiger partial charge is 0.127 e. The van der Waals surface area contributed by atoms with Gasteiger partial charge < -0.3 is 14.4 Å². The topological polar surface area (TPSA) is 34.4 Å². The number of ether oxygens (including phenoxy) is 1. The highest BCUT2D eigenvalue weighted by Gasteiger charge is 2.06. The quantitative estimate of drug-likeness (QED) is 0.770. The Morgan fingerprint density at radius 1 is 1.09 bits per heavy atom. The van der Waals surface area contributed by atoms with Crippen molar-refractivity contribution in [1.82, 2.24) is 4.57 Å². The van der Waals surface area contributed by atoms with Gasteiger partial charge in [-0.05, 0) is 37.3 Å². The van der Waals surface area contributed by atoms with E-state index in [9.17, 15) is 0 Å². The minimum absolute atomic E-state index is 0.00124. The van der Waals surface area contributed by atoms with Gasteiger partial charge in [0.05, 0.1) is 6.61 Å². The van der Waals surface area contributed by atoms with E-state index in [0.717, 1.165) is 17.0 Å². The first-order valence-corrected chi connectivity index (χ1v) is 7.78. The minimum Gasteiger partial charge on any atom is -0.488 e. The summed E-state index contributed by atoms with van der Waals surface area (Å²) < 4.78 is 7.94. The number of aromatic nitrogens is 1. The van der Waals surface area contributed by atoms with Crippen molar-refractivity contribution in [3.63, 3.8) is 0 Å². The van der Waals surface area contributed by atoms with Crippen molar-refractivity contribution >= 4 is 23.1 Å². The number of aryl methyl sites for hydroxylation is 1. The molecule has 1 aromatic heterocycles. The summed E-state index contributed by atoms with van der Waals surface area (Å²) in [6.07, 6.45) is 3.92. The molecule has 1 N–H and O–H groups in total. The van der Waals surface area contributed by atoms with Crippen LogP contribution in [-0.2, 0) is 7.05 Å². The summed E-state index contributed by atoms with van der Waals surface area (Å²) in [5.74, 6) is 0.782. The van der Waals surface area contributed by atoms with Gasteiger partial charge in [-0.2, -0.15) is 0 Å². The summed E-state index contributed by atoms with van der Waals surface area (Å²) in [6, 6.07) is 18.4. The third-order valence-corrected chi connectivity index (χ3v) is 3.93. The zero-order valence-corrected chi connectivity index (χ0v) is 13.4. The summed E-state index contributed by atoms with van der Waals surface area (Å²) in [5.41, 5.74) is 3.35. The Labute approximate surface area is 136 Å². The van der Waals surface area contributed by atoms with Crippen LogP contribution in [0.3, 0.4) is 0 Å². The van der Waals surface area contributed by atoms with E-state index in [4.69, 9.17) is 9.84 Å². The van der Waals surface area contributed by atoms with E-state index in [0.29, 0.717) is 0 Å². The van der Waals surface area contributed by atoms with Gasteiger partial charge in [0, 0.05) is 29.2 Å². The number of aliphatic hydroxyl groups excluding tert-OH is 1. The average Bonchev–Trinajstić information content (AvgIpc) is 2.90. The molecule has 1 heterocycles. The number of nitrogens with zero attached hydrogens (tertiary/aromatic N) is 1. The highest BCUT2D eigenvalue weighted by atomic mass is 16.5. The highest BCUT2D eigenvalue weighted by Crippen LogP contribution is 2.24. The molecular formula is C20H21NO2. The van der Waals surface area contributed by atoms with Gasteiger partial charge in [0.15, 0.2) is 0 Å². The van der Waals surface area contributed by atoms with E-state index in [-0.39, 0.29) is 12.7 Å². The van der Waals surface area contributed by atoms with E-state index in [1.54, 1.807) is 0 Å². The number of aliphatic hydroxyl groups is 1. The molecule has 0 saturated carbocycles. The molecule has 0 radical (unpaired) electrons. The van der Waals surface area contributed by atoms with E-state index < -0.39 is 0 Å². The monoisotopic (exact) mass is 307 g/mol. The minimum atomic E-state index is -0.220. The third-order valence-electron chi connectivity index (χ3n) is 3.93. The molecule has 0 bridgehead atoms. The van der Waals surface area contributed by atoms with Crippen LogP contribution in [0.2, 0.25) is 0 Å². The molecule has 1 atom stereocenters. The van der Waals surface area contributed by atoms with Gasteiger partial charge >= 0.3 is 0 Å². The largest absolute Gasteiger partial charge is 0.488 e. The summed E-state index contributed by atoms with van der Waals surface area (Å²) in [5, 5.41) is 10.4. The summed E-state index contributed by atoms with van der Waals surface area (Å²) in [7, 11) is 2.07. The maximum absolute atomic E-state index is 9.17. The van der Waals surface area contributed by atoms with Crippen LogP contribution < -0.4 is 4.74 Å². The van der Waals surface area contributed by atoms with Crippen molar-refractivity contribution in [2.24, 2.45) is 7.05 Å². The summed E-state index contributed by atoms with van der Waals surface area (Å²) in [4.78, 5) is 0. The molecular weight excluding hydrogens is 286 g/mol. The Bertz CT molecular complexity index is 833. The molecule has 0 aliphatic heterocycles. The predicted molar refractivity (Wildman–Crippen MR) is 95.5 cm³/mol. The van der Waals surface area contributed by atoms with Crippen molar-refractivity contribution in [3.8, 4) is 5.75 Å². The van der Waals surface area contributed by atoms with Gasteiger partial charge in [-0.1, -0.05) is 36.4 Å². The van der Waals surface area contributed by atoms with Gasteiger partial charge in [0.25, 0.3) is 0 Å². The SMILES string of the molecule is C[C@@H](CO)Oc1ccccc1/C=C/c1cc2ccccc2n1C. The van der Waals surface area contributed by atoms with Crippen LogP contribution >= 0.6 is 0 Å². The molecule has 2 aromatic carbocycles. The molecule has 3 rings (SSSR count). The zero-order chi connectivity index (χ0) is 16.2. The fraction of sp³-hybridized carbons (Fsp3) is 0.200. The Kier molecular flexibility index (Phi) is 4.49. The maximum Gasteiger partial charge on any atom is 0.127 e. The van der Waals surface area contributed by atoms with E-state index in [2.05, 4.69) is 48.0 Å². The fourth-order valence-corrected chi connectivity index (χ4v) is 2.62. The van der Waals surface area contributed by atoms with Crippen molar-refractivity contribution in [2.75, 3.05) is 6.61 Å². The Morgan fingerprint density at radius 2 is 1.83 bits per heavy atom. The van der Waals surface area contributed by atoms with Gasteiger partial charge in [0.2, 0.25) is 0 Å². The van der Waals surface area contributed by atoms with Crippen LogP contribution in [0.4, 0.5) is 0 Å². The second-order valence-corrected chi connectivity index (χ2v) is 5.67. The van der Waals surface area contributed by atoms with E-state index in [1.165, 1.54) is 10.9 Å². The van der Waals surface area contributed by atoms with Gasteiger partial charge in [-0.3, -0.25) is 0 Å². The van der Waals surface area contributed by atoms with Gasteiger partial charge in [0.1, 0.15) is 11.9 Å². The lowest BCUT2D eigenvalue weighted by Crippen LogP contribution is -2.16. The number of fused-ring (bicyclic) bond motifs is 1. The molecule has 0 saturated heterocycles. The molecule has 0 spiro atoms. The van der Waals surface area contributed by atoms with Crippen LogP contribution in [-0.4, -0.2) is 22.4 Å². The molecule has 0 aliphatic carbocycles. The van der Waals surface area contributed by atoms with E-state index >= 15 is 0 Å². The van der Waals surface area contributed by atoms with Crippen molar-refractivity contribution in [2.45, 2.75) is 13.0 Å². The Morgan fingerprint density at radius 3 is 2.61 bits per heavy atom. The van der Waals surface area contributed by atoms with Crippen LogP contribution in [0.15, 0.2) is 54.6 Å². The second kappa shape index (κ2) is 6.71. The summed E-state index contributed by atoms with van der Waals surface area (Å²) >= 11 is 0. The Hall–Kier alpha value is -2.52. The first-order chi connectivity index (χ1) is 11.2. The lowest BCUT2D eigenvalue weighted by atomic mass is 10.1. The highest BCUT2D eigenvalue weighted by molar-refractivity contribution is 5.85. The standard InChI is InChI=1S/C20H21NO2/c1-15(14-22)23-20-10-6-4-7-16(20)11-12-18-13-17-8-3-5-9-19(17)21(18)2/h3-13,15,22H,14H2,1-2H3/b12-11+/t15-/m0/s1. The number of para-hydroxylation sites is 2. The first-order valence-electron chi connectivity index (χ1n) is 7.78. The molecule has 118 valence electrons. The summed E-state index contributed by atoms with van der Waals surface area (Å²) in [6.45, 7) is 1.85. The van der Waals surface area contributed by atoms with Crippen molar-refractivity contribution in [1.29, 1.82) is 0 Å². The number of hydrogen-bond acceptors (Lipinski definition) is 2. The van der Waals surface area contributed by atoms with Gasteiger partial charge in [-0.25, -0.2) is 0 Å². The normalized spacial score (nSPS) is 12.8. The lowest BCUT2D eigenvalue weighted by Gasteiger charge is -2.14. The number of benzene rings is 2. The van der Waals surface area contributed by atoms with Crippen molar-refractivity contribution < 1.29 is 9.84 Å². The zero-order valence-electron chi connectivity index (χ0n) is 13.4. The van der Waals surface area contributed by atoms with Crippen LogP contribution in [0, 0.1) is 0 Å². The van der Waals surface area contributed by atoms with Crippen LogP contribution in [0.25, 0.3) is 23.1 Å². The molecule has 0 unspecified atom stereocenters. The van der Waals surface area contributed by atoms with E-state index in [1.807, 2.05) is 37.3 Å². The Balaban J connectivity index is 1.91. The third kappa shape index (κ3) is 3.30. The molecule has 0 aliphatic rings. The number of hydrogen-bond donors (Lipinski definition) is 1. The molecule has 0 fully saturated rings.